The van der Waals surface area contributed by atoms with E-state index >= 15 is 0 Å². The molecule has 7 rings (SSSR count). The van der Waals surface area contributed by atoms with Crippen LogP contribution in [0.3, 0.4) is 0 Å². The van der Waals surface area contributed by atoms with Crippen LogP contribution < -0.4 is 9.13 Å². The molecule has 44 heavy (non-hydrogen) atoms. The van der Waals surface area contributed by atoms with Gasteiger partial charge in [0.05, 0.1) is 0 Å². The Bertz CT molecular complexity index is 1800. The van der Waals surface area contributed by atoms with Crippen molar-refractivity contribution in [1.82, 2.24) is 0 Å². The molecule has 2 aromatic heterocycles. The van der Waals surface area contributed by atoms with Gasteiger partial charge in [0, 0.05) is 58.4 Å². The first-order valence-electron chi connectivity index (χ1n) is 16.1. The van der Waals surface area contributed by atoms with Crippen LogP contribution >= 0.6 is 0 Å². The summed E-state index contributed by atoms with van der Waals surface area (Å²) < 4.78 is 4.58. The topological polar surface area (TPSA) is 7.76 Å². The Kier molecular flexibility index (Phi) is 6.03. The normalized spacial score (nSPS) is 15.9. The van der Waals surface area contributed by atoms with E-state index < -0.39 is 0 Å². The maximum Gasteiger partial charge on any atom is 0.210 e. The Labute approximate surface area is 264 Å². The molecular weight excluding hydrogens is 532 g/mol. The lowest BCUT2D eigenvalue weighted by atomic mass is 9.79. The largest absolute Gasteiger partial charge is 0.210 e. The van der Waals surface area contributed by atoms with Gasteiger partial charge < -0.3 is 0 Å². The van der Waals surface area contributed by atoms with Crippen molar-refractivity contribution in [1.29, 1.82) is 0 Å². The molecule has 5 aromatic rings. The molecule has 2 aliphatic rings. The highest BCUT2D eigenvalue weighted by Gasteiger charge is 2.44. The maximum atomic E-state index is 2.50. The number of hydrogen-bond acceptors (Lipinski definition) is 0. The molecule has 0 saturated carbocycles. The quantitative estimate of drug-likeness (QED) is 0.184. The fourth-order valence-electron chi connectivity index (χ4n) is 7.42. The fraction of sp³-hybridized carbons (Fsp3) is 0.333. The van der Waals surface area contributed by atoms with Crippen molar-refractivity contribution in [2.45, 2.75) is 90.9 Å². The van der Waals surface area contributed by atoms with Crippen LogP contribution in [-0.4, -0.2) is 0 Å². The summed E-state index contributed by atoms with van der Waals surface area (Å²) in [5.41, 5.74) is 16.3. The van der Waals surface area contributed by atoms with E-state index in [1.54, 1.807) is 0 Å². The summed E-state index contributed by atoms with van der Waals surface area (Å²) in [5.74, 6) is 0. The molecule has 0 amide bonds. The highest BCUT2D eigenvalue weighted by molar-refractivity contribution is 5.88. The van der Waals surface area contributed by atoms with Gasteiger partial charge in [0.2, 0.25) is 11.4 Å². The van der Waals surface area contributed by atoms with E-state index in [4.69, 9.17) is 0 Å². The van der Waals surface area contributed by atoms with Gasteiger partial charge in [-0.25, -0.2) is 0 Å². The second-order valence-electron chi connectivity index (χ2n) is 16.1. The average molecular weight is 579 g/mol. The van der Waals surface area contributed by atoms with E-state index in [1.165, 1.54) is 67.0 Å². The standard InChI is InChI=1S/C42H46N2/c1-39(2,3)27-11-15-29(16-12-27)43-21-19-31-33-23-36-34(24-35(33)41(7,8)37(31)25-43)32-20-22-44(26-38(32)42(36,9)10)30-17-13-28(14-18-30)40(4,5)6/h11-26H,1-10H3/q+2. The third-order valence-electron chi connectivity index (χ3n) is 10.4. The first-order valence-corrected chi connectivity index (χ1v) is 16.1. The summed E-state index contributed by atoms with van der Waals surface area (Å²) in [6, 6.07) is 27.7. The smallest absolute Gasteiger partial charge is 0.167 e. The first kappa shape index (κ1) is 28.7. The molecule has 0 N–H and O–H groups in total. The highest BCUT2D eigenvalue weighted by atomic mass is 14.9. The number of nitrogens with zero attached hydrogens (tertiary/aromatic N) is 2. The zero-order valence-electron chi connectivity index (χ0n) is 28.1. The van der Waals surface area contributed by atoms with E-state index in [0.717, 1.165) is 0 Å². The van der Waals surface area contributed by atoms with Crippen molar-refractivity contribution >= 4 is 0 Å². The molecule has 2 heterocycles. The number of pyridine rings is 2. The van der Waals surface area contributed by atoms with Crippen LogP contribution in [0.15, 0.2) is 97.6 Å². The molecule has 0 saturated heterocycles. The number of aromatic nitrogens is 2. The molecule has 2 nitrogen and oxygen atoms in total. The zero-order chi connectivity index (χ0) is 31.4. The summed E-state index contributed by atoms with van der Waals surface area (Å²) in [4.78, 5) is 0. The van der Waals surface area contributed by atoms with E-state index in [9.17, 15) is 0 Å². The van der Waals surface area contributed by atoms with Gasteiger partial charge in [0.25, 0.3) is 0 Å². The lowest BCUT2D eigenvalue weighted by molar-refractivity contribution is -0.596. The van der Waals surface area contributed by atoms with Crippen LogP contribution in [0.2, 0.25) is 0 Å². The fourth-order valence-corrected chi connectivity index (χ4v) is 7.42. The van der Waals surface area contributed by atoms with Crippen LogP contribution in [0.5, 0.6) is 0 Å². The lowest BCUT2D eigenvalue weighted by Crippen LogP contribution is -2.32. The second-order valence-corrected chi connectivity index (χ2v) is 16.1. The summed E-state index contributed by atoms with van der Waals surface area (Å²) in [7, 11) is 0. The van der Waals surface area contributed by atoms with Crippen molar-refractivity contribution in [3.63, 3.8) is 0 Å². The Hall–Kier alpha value is -4.04. The van der Waals surface area contributed by atoms with Gasteiger partial charge >= 0.3 is 0 Å². The first-order chi connectivity index (χ1) is 20.6. The minimum Gasteiger partial charge on any atom is -0.167 e. The predicted molar refractivity (Wildman–Crippen MR) is 182 cm³/mol. The summed E-state index contributed by atoms with van der Waals surface area (Å²) in [6.45, 7) is 23.2. The van der Waals surface area contributed by atoms with Crippen molar-refractivity contribution < 1.29 is 9.13 Å². The Morgan fingerprint density at radius 2 is 0.773 bits per heavy atom. The van der Waals surface area contributed by atoms with Gasteiger partial charge in [-0.15, -0.1) is 0 Å². The van der Waals surface area contributed by atoms with Gasteiger partial charge in [-0.2, -0.15) is 9.13 Å². The molecule has 0 fully saturated rings. The Balaban J connectivity index is 1.28. The van der Waals surface area contributed by atoms with E-state index in [1.807, 2.05) is 0 Å². The maximum absolute atomic E-state index is 2.50. The number of benzene rings is 3. The summed E-state index contributed by atoms with van der Waals surface area (Å²) in [6.07, 6.45) is 9.19. The number of hydrogen-bond donors (Lipinski definition) is 0. The van der Waals surface area contributed by atoms with Gasteiger partial charge in [0.1, 0.15) is 0 Å². The van der Waals surface area contributed by atoms with Crippen LogP contribution in [0.25, 0.3) is 33.6 Å². The molecule has 222 valence electrons. The van der Waals surface area contributed by atoms with E-state index in [-0.39, 0.29) is 21.7 Å². The third-order valence-corrected chi connectivity index (χ3v) is 10.4. The SMILES string of the molecule is CC(C)(C)c1ccc(-[n+]2ccc3c(c2)C(C)(C)c2cc4c(cc2-3)C(C)(C)c2c[n+](-c3ccc(C(C)(C)C)cc3)ccc2-4)cc1. The molecule has 0 aliphatic heterocycles. The van der Waals surface area contributed by atoms with Crippen LogP contribution in [0, 0.1) is 0 Å². The third kappa shape index (κ3) is 4.29. The molecule has 0 spiro atoms. The summed E-state index contributed by atoms with van der Waals surface area (Å²) in [5, 5.41) is 0. The van der Waals surface area contributed by atoms with Crippen molar-refractivity contribution in [3.05, 3.63) is 131 Å². The van der Waals surface area contributed by atoms with Gasteiger partial charge in [0.15, 0.2) is 24.8 Å². The van der Waals surface area contributed by atoms with Crippen molar-refractivity contribution in [2.75, 3.05) is 0 Å². The summed E-state index contributed by atoms with van der Waals surface area (Å²) >= 11 is 0. The highest BCUT2D eigenvalue weighted by Crippen LogP contribution is 2.55. The predicted octanol–water partition coefficient (Wildman–Crippen LogP) is 9.45. The molecule has 2 heteroatoms. The molecule has 0 atom stereocenters. The van der Waals surface area contributed by atoms with Crippen LogP contribution in [-0.2, 0) is 21.7 Å². The number of rotatable bonds is 2. The lowest BCUT2D eigenvalue weighted by Gasteiger charge is -2.23. The van der Waals surface area contributed by atoms with Crippen LogP contribution in [0.1, 0.15) is 103 Å². The second kappa shape index (κ2) is 9.24. The minimum atomic E-state index is -0.0928. The molecule has 0 unspecified atom stereocenters. The monoisotopic (exact) mass is 578 g/mol. The van der Waals surface area contributed by atoms with E-state index in [2.05, 4.69) is 176 Å². The van der Waals surface area contributed by atoms with Crippen LogP contribution in [0.4, 0.5) is 0 Å². The van der Waals surface area contributed by atoms with Crippen molar-refractivity contribution in [2.24, 2.45) is 0 Å². The Morgan fingerprint density at radius 1 is 0.432 bits per heavy atom. The van der Waals surface area contributed by atoms with Gasteiger partial charge in [-0.05, 0) is 67.5 Å². The molecule has 3 aromatic carbocycles. The van der Waals surface area contributed by atoms with E-state index in [0.29, 0.717) is 0 Å². The molecule has 0 bridgehead atoms. The van der Waals surface area contributed by atoms with Gasteiger partial charge in [-0.1, -0.05) is 93.5 Å². The molecular formula is C42H46N2+2. The number of fused-ring (bicyclic) bond motifs is 6. The van der Waals surface area contributed by atoms with Crippen molar-refractivity contribution in [3.8, 4) is 33.6 Å². The molecule has 0 radical (unpaired) electrons. The average Bonchev–Trinajstić information content (AvgIpc) is 3.34. The Morgan fingerprint density at radius 3 is 1.09 bits per heavy atom. The zero-order valence-corrected chi connectivity index (χ0v) is 28.1. The minimum absolute atomic E-state index is 0.0928. The van der Waals surface area contributed by atoms with Gasteiger partial charge in [-0.3, -0.25) is 0 Å². The molecule has 2 aliphatic carbocycles.